The molecule has 0 bridgehead atoms. The molecule has 0 spiro atoms. The molecular weight excluding hydrogens is 276 g/mol. The van der Waals surface area contributed by atoms with Gasteiger partial charge in [0.25, 0.3) is 0 Å². The van der Waals surface area contributed by atoms with E-state index in [0.29, 0.717) is 0 Å². The van der Waals surface area contributed by atoms with E-state index in [0.717, 1.165) is 16.8 Å². The third-order valence-corrected chi connectivity index (χ3v) is 3.00. The summed E-state index contributed by atoms with van der Waals surface area (Å²) in [7, 11) is 0. The van der Waals surface area contributed by atoms with Crippen molar-refractivity contribution in [3.05, 3.63) is 40.2 Å². The first kappa shape index (κ1) is 13.6. The zero-order valence-electron chi connectivity index (χ0n) is 10.2. The molecule has 0 aliphatic carbocycles. The van der Waals surface area contributed by atoms with E-state index in [-0.39, 0.29) is 28.6 Å². The Kier molecular flexibility index (Phi) is 3.61. The summed E-state index contributed by atoms with van der Waals surface area (Å²) in [5.74, 6) is -2.01. The standard InChI is InChI=1S/C12H10ClF2N3O/c1-3-9(19)11-6(2)18(17-16-11)12-8(14)5-4-7(13)10(12)15/h4-5H,3H2,1-2H3. The average molecular weight is 286 g/mol. The van der Waals surface area contributed by atoms with Crippen LogP contribution in [0.25, 0.3) is 5.69 Å². The van der Waals surface area contributed by atoms with Crippen LogP contribution >= 0.6 is 11.6 Å². The van der Waals surface area contributed by atoms with Gasteiger partial charge in [0.2, 0.25) is 0 Å². The van der Waals surface area contributed by atoms with Gasteiger partial charge in [0.1, 0.15) is 5.69 Å². The van der Waals surface area contributed by atoms with Crippen LogP contribution in [0.3, 0.4) is 0 Å². The van der Waals surface area contributed by atoms with Gasteiger partial charge in [0.15, 0.2) is 23.1 Å². The second-order valence-electron chi connectivity index (χ2n) is 3.90. The van der Waals surface area contributed by atoms with Gasteiger partial charge in [-0.1, -0.05) is 23.7 Å². The number of aromatic nitrogens is 3. The Hall–Kier alpha value is -1.82. The molecule has 1 aromatic carbocycles. The lowest BCUT2D eigenvalue weighted by atomic mass is 10.2. The second kappa shape index (κ2) is 5.05. The second-order valence-corrected chi connectivity index (χ2v) is 4.31. The lowest BCUT2D eigenvalue weighted by Crippen LogP contribution is -2.07. The highest BCUT2D eigenvalue weighted by Gasteiger charge is 2.21. The summed E-state index contributed by atoms with van der Waals surface area (Å²) in [5.41, 5.74) is -0.0687. The van der Waals surface area contributed by atoms with E-state index in [4.69, 9.17) is 11.6 Å². The van der Waals surface area contributed by atoms with Crippen LogP contribution in [0.5, 0.6) is 0 Å². The fourth-order valence-corrected chi connectivity index (χ4v) is 1.83. The number of carbonyl (C=O) groups is 1. The maximum atomic E-state index is 13.9. The molecule has 0 radical (unpaired) electrons. The molecule has 0 amide bonds. The number of nitrogens with zero attached hydrogens (tertiary/aromatic N) is 3. The van der Waals surface area contributed by atoms with Crippen LogP contribution in [0.1, 0.15) is 29.5 Å². The van der Waals surface area contributed by atoms with Gasteiger partial charge in [-0.3, -0.25) is 4.79 Å². The first-order valence-electron chi connectivity index (χ1n) is 5.56. The Morgan fingerprint density at radius 2 is 2.11 bits per heavy atom. The predicted molar refractivity (Wildman–Crippen MR) is 65.6 cm³/mol. The van der Waals surface area contributed by atoms with Crippen molar-refractivity contribution in [2.75, 3.05) is 0 Å². The van der Waals surface area contributed by atoms with Crippen molar-refractivity contribution in [3.63, 3.8) is 0 Å². The Bertz CT molecular complexity index is 655. The van der Waals surface area contributed by atoms with Crippen LogP contribution in [-0.2, 0) is 0 Å². The quantitative estimate of drug-likeness (QED) is 0.643. The van der Waals surface area contributed by atoms with Gasteiger partial charge >= 0.3 is 0 Å². The molecule has 1 aromatic heterocycles. The van der Waals surface area contributed by atoms with E-state index in [2.05, 4.69) is 10.3 Å². The Balaban J connectivity index is 2.64. The summed E-state index contributed by atoms with van der Waals surface area (Å²) >= 11 is 5.61. The molecule has 2 aromatic rings. The number of hydrogen-bond acceptors (Lipinski definition) is 3. The Morgan fingerprint density at radius 1 is 1.42 bits per heavy atom. The van der Waals surface area contributed by atoms with E-state index >= 15 is 0 Å². The van der Waals surface area contributed by atoms with Gasteiger partial charge in [-0.25, -0.2) is 13.5 Å². The zero-order valence-corrected chi connectivity index (χ0v) is 11.0. The number of carbonyl (C=O) groups excluding carboxylic acids is 1. The van der Waals surface area contributed by atoms with E-state index in [9.17, 15) is 13.6 Å². The van der Waals surface area contributed by atoms with Crippen molar-refractivity contribution >= 4 is 17.4 Å². The first-order valence-corrected chi connectivity index (χ1v) is 5.94. The molecule has 0 saturated carbocycles. The molecule has 0 aliphatic heterocycles. The van der Waals surface area contributed by atoms with Crippen LogP contribution in [0.15, 0.2) is 12.1 Å². The number of benzene rings is 1. The maximum absolute atomic E-state index is 13.9. The number of hydrogen-bond donors (Lipinski definition) is 0. The maximum Gasteiger partial charge on any atom is 0.184 e. The van der Waals surface area contributed by atoms with Crippen LogP contribution in [0.4, 0.5) is 8.78 Å². The topological polar surface area (TPSA) is 47.8 Å². The molecule has 1 heterocycles. The number of Topliss-reactive ketones (excluding diaryl/α,β-unsaturated/α-hetero) is 1. The molecule has 0 aliphatic rings. The number of halogens is 3. The minimum atomic E-state index is -0.940. The molecule has 0 saturated heterocycles. The number of ketones is 1. The number of rotatable bonds is 3. The van der Waals surface area contributed by atoms with Gasteiger partial charge in [0, 0.05) is 6.42 Å². The van der Waals surface area contributed by atoms with Crippen molar-refractivity contribution < 1.29 is 13.6 Å². The highest BCUT2D eigenvalue weighted by atomic mass is 35.5. The van der Waals surface area contributed by atoms with Crippen molar-refractivity contribution in [2.24, 2.45) is 0 Å². The molecule has 4 nitrogen and oxygen atoms in total. The van der Waals surface area contributed by atoms with Crippen LogP contribution in [-0.4, -0.2) is 20.8 Å². The van der Waals surface area contributed by atoms with Gasteiger partial charge in [0.05, 0.1) is 10.7 Å². The van der Waals surface area contributed by atoms with Crippen molar-refractivity contribution in [1.29, 1.82) is 0 Å². The molecule has 0 N–H and O–H groups in total. The van der Waals surface area contributed by atoms with Crippen molar-refractivity contribution in [3.8, 4) is 5.69 Å². The Morgan fingerprint density at radius 3 is 2.74 bits per heavy atom. The first-order chi connectivity index (χ1) is 8.97. The van der Waals surface area contributed by atoms with E-state index in [1.165, 1.54) is 6.92 Å². The van der Waals surface area contributed by atoms with Crippen molar-refractivity contribution in [1.82, 2.24) is 15.0 Å². The van der Waals surface area contributed by atoms with Crippen LogP contribution in [0, 0.1) is 18.6 Å². The smallest absolute Gasteiger partial charge is 0.184 e. The SMILES string of the molecule is CCC(=O)c1nnn(-c2c(F)ccc(Cl)c2F)c1C. The molecule has 7 heteroatoms. The third-order valence-electron chi connectivity index (χ3n) is 2.71. The van der Waals surface area contributed by atoms with Gasteiger partial charge in [-0.2, -0.15) is 0 Å². The summed E-state index contributed by atoms with van der Waals surface area (Å²) in [6, 6.07) is 2.14. The third kappa shape index (κ3) is 2.23. The Labute approximate surface area is 113 Å². The van der Waals surface area contributed by atoms with E-state index in [1.807, 2.05) is 0 Å². The predicted octanol–water partition coefficient (Wildman–Crippen LogP) is 3.10. The summed E-state index contributed by atoms with van der Waals surface area (Å²) in [4.78, 5) is 11.6. The lowest BCUT2D eigenvalue weighted by Gasteiger charge is -2.07. The normalized spacial score (nSPS) is 10.8. The van der Waals surface area contributed by atoms with Crippen LogP contribution in [0.2, 0.25) is 5.02 Å². The lowest BCUT2D eigenvalue weighted by molar-refractivity contribution is 0.0982. The average Bonchev–Trinajstić information content (AvgIpc) is 2.76. The highest BCUT2D eigenvalue weighted by molar-refractivity contribution is 6.30. The molecule has 100 valence electrons. The van der Waals surface area contributed by atoms with Gasteiger partial charge in [-0.05, 0) is 19.1 Å². The summed E-state index contributed by atoms with van der Waals surface area (Å²) < 4.78 is 28.5. The highest BCUT2D eigenvalue weighted by Crippen LogP contribution is 2.25. The molecule has 2 rings (SSSR count). The van der Waals surface area contributed by atoms with Gasteiger partial charge < -0.3 is 0 Å². The fraction of sp³-hybridized carbons (Fsp3) is 0.250. The van der Waals surface area contributed by atoms with E-state index in [1.54, 1.807) is 6.92 Å². The fourth-order valence-electron chi connectivity index (χ4n) is 1.68. The molecular formula is C12H10ClF2N3O. The van der Waals surface area contributed by atoms with E-state index < -0.39 is 17.3 Å². The molecule has 0 atom stereocenters. The van der Waals surface area contributed by atoms with Gasteiger partial charge in [-0.15, -0.1) is 5.10 Å². The minimum Gasteiger partial charge on any atom is -0.292 e. The van der Waals surface area contributed by atoms with Crippen LogP contribution < -0.4 is 0 Å². The zero-order chi connectivity index (χ0) is 14.2. The summed E-state index contributed by atoms with van der Waals surface area (Å²) in [5, 5.41) is 7.06. The summed E-state index contributed by atoms with van der Waals surface area (Å²) in [6.45, 7) is 3.18. The largest absolute Gasteiger partial charge is 0.292 e. The van der Waals surface area contributed by atoms with Crippen molar-refractivity contribution in [2.45, 2.75) is 20.3 Å². The monoisotopic (exact) mass is 285 g/mol. The molecule has 0 fully saturated rings. The summed E-state index contributed by atoms with van der Waals surface area (Å²) in [6.07, 6.45) is 0.236. The molecule has 19 heavy (non-hydrogen) atoms. The minimum absolute atomic E-state index is 0.0984. The molecule has 0 unspecified atom stereocenters.